The third kappa shape index (κ3) is 4.02. The third-order valence-corrected chi connectivity index (χ3v) is 4.81. The predicted molar refractivity (Wildman–Crippen MR) is 92.6 cm³/mol. The molecule has 1 aromatic carbocycles. The number of rotatable bonds is 4. The van der Waals surface area contributed by atoms with E-state index in [1.807, 2.05) is 30.6 Å². The zero-order valence-electron chi connectivity index (χ0n) is 13.1. The van der Waals surface area contributed by atoms with Gasteiger partial charge in [0.2, 0.25) is 0 Å². The molecule has 3 nitrogen and oxygen atoms in total. The fourth-order valence-corrected chi connectivity index (χ4v) is 3.60. The van der Waals surface area contributed by atoms with Crippen molar-refractivity contribution in [1.82, 2.24) is 4.98 Å². The van der Waals surface area contributed by atoms with Crippen molar-refractivity contribution in [1.29, 1.82) is 0 Å². The van der Waals surface area contributed by atoms with Crippen LogP contribution in [0.1, 0.15) is 41.6 Å². The Morgan fingerprint density at radius 1 is 1.17 bits per heavy atom. The Morgan fingerprint density at radius 3 is 2.87 bits per heavy atom. The number of carbonyl (C=O) groups is 1. The molecule has 3 rings (SSSR count). The highest BCUT2D eigenvalue weighted by molar-refractivity contribution is 7.99. The molecule has 4 heteroatoms. The minimum Gasteiger partial charge on any atom is -0.465 e. The van der Waals surface area contributed by atoms with Crippen molar-refractivity contribution in [3.05, 3.63) is 59.9 Å². The fourth-order valence-electron chi connectivity index (χ4n) is 2.69. The molecule has 23 heavy (non-hydrogen) atoms. The van der Waals surface area contributed by atoms with E-state index >= 15 is 0 Å². The monoisotopic (exact) mass is 325 g/mol. The van der Waals surface area contributed by atoms with E-state index in [-0.39, 0.29) is 5.97 Å². The smallest absolute Gasteiger partial charge is 0.337 e. The van der Waals surface area contributed by atoms with Gasteiger partial charge in [-0.3, -0.25) is 4.98 Å². The molecule has 0 saturated heterocycles. The summed E-state index contributed by atoms with van der Waals surface area (Å²) >= 11 is 1.61. The lowest BCUT2D eigenvalue weighted by Gasteiger charge is -2.13. The lowest BCUT2D eigenvalue weighted by atomic mass is 9.95. The number of carbonyl (C=O) groups excluding carboxylic acids is 1. The van der Waals surface area contributed by atoms with Crippen molar-refractivity contribution >= 4 is 23.3 Å². The maximum absolute atomic E-state index is 11.6. The van der Waals surface area contributed by atoms with Gasteiger partial charge in [0, 0.05) is 22.2 Å². The number of hydrogen-bond donors (Lipinski definition) is 0. The Kier molecular flexibility index (Phi) is 5.13. The Morgan fingerprint density at radius 2 is 2.09 bits per heavy atom. The van der Waals surface area contributed by atoms with Crippen LogP contribution in [0.4, 0.5) is 0 Å². The van der Waals surface area contributed by atoms with E-state index in [4.69, 9.17) is 4.74 Å². The standard InChI is InChI=1S/C19H19NO2S/c1-22-19(21)15-8-5-9-17(10-15)23-18-11-16(12-20-13-18)14-6-3-2-4-7-14/h5-6,8-13H,2-4,7H2,1H3. The molecule has 0 aliphatic heterocycles. The van der Waals surface area contributed by atoms with Gasteiger partial charge >= 0.3 is 5.97 Å². The molecule has 0 N–H and O–H groups in total. The summed E-state index contributed by atoms with van der Waals surface area (Å²) in [6.07, 6.45) is 11.0. The van der Waals surface area contributed by atoms with Crippen LogP contribution in [-0.2, 0) is 4.74 Å². The molecule has 1 heterocycles. The van der Waals surface area contributed by atoms with E-state index in [0.29, 0.717) is 5.56 Å². The molecule has 0 saturated carbocycles. The van der Waals surface area contributed by atoms with Crippen molar-refractivity contribution in [3.8, 4) is 0 Å². The van der Waals surface area contributed by atoms with Crippen LogP contribution in [0.2, 0.25) is 0 Å². The second-order valence-electron chi connectivity index (χ2n) is 5.51. The third-order valence-electron chi connectivity index (χ3n) is 3.87. The van der Waals surface area contributed by atoms with Crippen LogP contribution in [0.5, 0.6) is 0 Å². The maximum Gasteiger partial charge on any atom is 0.337 e. The van der Waals surface area contributed by atoms with E-state index < -0.39 is 0 Å². The van der Waals surface area contributed by atoms with Gasteiger partial charge in [-0.1, -0.05) is 23.9 Å². The number of esters is 1. The van der Waals surface area contributed by atoms with Gasteiger partial charge in [0.25, 0.3) is 0 Å². The van der Waals surface area contributed by atoms with Gasteiger partial charge in [-0.15, -0.1) is 0 Å². The van der Waals surface area contributed by atoms with Crippen molar-refractivity contribution in [2.24, 2.45) is 0 Å². The summed E-state index contributed by atoms with van der Waals surface area (Å²) in [5, 5.41) is 0. The van der Waals surface area contributed by atoms with Gasteiger partial charge in [0.15, 0.2) is 0 Å². The van der Waals surface area contributed by atoms with Gasteiger partial charge in [-0.05, 0) is 61.1 Å². The normalized spacial score (nSPS) is 14.2. The molecule has 0 atom stereocenters. The molecule has 0 amide bonds. The summed E-state index contributed by atoms with van der Waals surface area (Å²) in [7, 11) is 1.40. The minimum atomic E-state index is -0.313. The molecular formula is C19H19NO2S. The summed E-state index contributed by atoms with van der Waals surface area (Å²) in [5.74, 6) is -0.313. The molecule has 1 aliphatic rings. The maximum atomic E-state index is 11.6. The summed E-state index contributed by atoms with van der Waals surface area (Å²) < 4.78 is 4.77. The first-order valence-electron chi connectivity index (χ1n) is 7.77. The van der Waals surface area contributed by atoms with Crippen molar-refractivity contribution in [2.75, 3.05) is 7.11 Å². The quantitative estimate of drug-likeness (QED) is 0.743. The van der Waals surface area contributed by atoms with Gasteiger partial charge in [-0.25, -0.2) is 4.79 Å². The van der Waals surface area contributed by atoms with E-state index in [1.165, 1.54) is 31.1 Å². The number of pyridine rings is 1. The van der Waals surface area contributed by atoms with Gasteiger partial charge in [0.1, 0.15) is 0 Å². The van der Waals surface area contributed by atoms with Gasteiger partial charge in [-0.2, -0.15) is 0 Å². The van der Waals surface area contributed by atoms with Crippen molar-refractivity contribution in [2.45, 2.75) is 35.5 Å². The first kappa shape index (κ1) is 15.8. The van der Waals surface area contributed by atoms with E-state index in [9.17, 15) is 4.79 Å². The van der Waals surface area contributed by atoms with Crippen LogP contribution < -0.4 is 0 Å². The molecule has 118 valence electrons. The molecule has 0 bridgehead atoms. The zero-order chi connectivity index (χ0) is 16.1. The van der Waals surface area contributed by atoms with Crippen LogP contribution in [0.15, 0.2) is 58.6 Å². The van der Waals surface area contributed by atoms with Crippen LogP contribution in [0, 0.1) is 0 Å². The number of ether oxygens (including phenoxy) is 1. The summed E-state index contributed by atoms with van der Waals surface area (Å²) in [4.78, 5) is 18.1. The first-order chi connectivity index (χ1) is 11.3. The van der Waals surface area contributed by atoms with Crippen molar-refractivity contribution in [3.63, 3.8) is 0 Å². The Hall–Kier alpha value is -2.07. The van der Waals surface area contributed by atoms with E-state index in [2.05, 4.69) is 17.1 Å². The molecule has 0 unspecified atom stereocenters. The SMILES string of the molecule is COC(=O)c1cccc(Sc2cncc(C3=CCCCC3)c2)c1. The molecule has 1 aromatic heterocycles. The average molecular weight is 325 g/mol. The van der Waals surface area contributed by atoms with E-state index in [1.54, 1.807) is 17.8 Å². The molecule has 1 aliphatic carbocycles. The summed E-state index contributed by atoms with van der Waals surface area (Å²) in [6.45, 7) is 0. The molecule has 2 aromatic rings. The van der Waals surface area contributed by atoms with Crippen LogP contribution in [-0.4, -0.2) is 18.1 Å². The first-order valence-corrected chi connectivity index (χ1v) is 8.58. The van der Waals surface area contributed by atoms with Gasteiger partial charge < -0.3 is 4.74 Å². The van der Waals surface area contributed by atoms with Gasteiger partial charge in [0.05, 0.1) is 12.7 Å². The number of allylic oxidation sites excluding steroid dienone is 2. The lowest BCUT2D eigenvalue weighted by molar-refractivity contribution is 0.0600. The molecular weight excluding hydrogens is 306 g/mol. The largest absolute Gasteiger partial charge is 0.465 e. The summed E-state index contributed by atoms with van der Waals surface area (Å²) in [6, 6.07) is 9.65. The second kappa shape index (κ2) is 7.47. The second-order valence-corrected chi connectivity index (χ2v) is 6.65. The lowest BCUT2D eigenvalue weighted by Crippen LogP contribution is -2.00. The Labute approximate surface area is 140 Å². The zero-order valence-corrected chi connectivity index (χ0v) is 13.9. The minimum absolute atomic E-state index is 0.313. The average Bonchev–Trinajstić information content (AvgIpc) is 2.62. The Bertz CT molecular complexity index is 740. The number of aromatic nitrogens is 1. The molecule has 0 fully saturated rings. The molecule has 0 radical (unpaired) electrons. The summed E-state index contributed by atoms with van der Waals surface area (Å²) in [5.41, 5.74) is 3.17. The van der Waals surface area contributed by atoms with Crippen LogP contribution >= 0.6 is 11.8 Å². The highest BCUT2D eigenvalue weighted by Crippen LogP contribution is 2.32. The van der Waals surface area contributed by atoms with Crippen LogP contribution in [0.25, 0.3) is 5.57 Å². The highest BCUT2D eigenvalue weighted by atomic mass is 32.2. The Balaban J connectivity index is 1.80. The van der Waals surface area contributed by atoms with Crippen molar-refractivity contribution < 1.29 is 9.53 Å². The number of methoxy groups -OCH3 is 1. The topological polar surface area (TPSA) is 39.2 Å². The highest BCUT2D eigenvalue weighted by Gasteiger charge is 2.09. The van der Waals surface area contributed by atoms with Crippen LogP contribution in [0.3, 0.4) is 0 Å². The number of hydrogen-bond acceptors (Lipinski definition) is 4. The number of nitrogens with zero attached hydrogens (tertiary/aromatic N) is 1. The predicted octanol–water partition coefficient (Wildman–Crippen LogP) is 4.98. The fraction of sp³-hybridized carbons (Fsp3) is 0.263. The van der Waals surface area contributed by atoms with E-state index in [0.717, 1.165) is 22.6 Å². The number of benzene rings is 1. The molecule has 0 spiro atoms.